The maximum atomic E-state index is 14.9. The molecule has 2 aliphatic rings. The molecule has 9 heteroatoms. The molecule has 0 bridgehead atoms. The van der Waals surface area contributed by atoms with Crippen molar-refractivity contribution < 1.29 is 27.1 Å². The molecule has 3 rings (SSSR count). The smallest absolute Gasteiger partial charge is 0.381 e. The Morgan fingerprint density at radius 3 is 2.62 bits per heavy atom. The van der Waals surface area contributed by atoms with E-state index in [9.17, 15) is 22.4 Å². The van der Waals surface area contributed by atoms with Crippen LogP contribution in [0.2, 0.25) is 0 Å². The van der Waals surface area contributed by atoms with Gasteiger partial charge in [0.25, 0.3) is 0 Å². The highest BCUT2D eigenvalue weighted by Gasteiger charge is 2.36. The summed E-state index contributed by atoms with van der Waals surface area (Å²) in [6.07, 6.45) is -2.63. The number of aromatic nitrogens is 1. The van der Waals surface area contributed by atoms with Crippen LogP contribution in [0.25, 0.3) is 0 Å². The third kappa shape index (κ3) is 4.44. The minimum absolute atomic E-state index is 0.0589. The number of hydrogen-bond acceptors (Lipinski definition) is 4. The summed E-state index contributed by atoms with van der Waals surface area (Å²) in [6, 6.07) is 2.28. The highest BCUT2D eigenvalue weighted by atomic mass is 19.4. The lowest BCUT2D eigenvalue weighted by atomic mass is 9.93. The van der Waals surface area contributed by atoms with Crippen molar-refractivity contribution in [3.8, 4) is 0 Å². The summed E-state index contributed by atoms with van der Waals surface area (Å²) in [5.74, 6) is -0.00594. The van der Waals surface area contributed by atoms with Crippen LogP contribution in [0.3, 0.4) is 0 Å². The average molecular weight is 375 g/mol. The molecule has 2 aliphatic heterocycles. The second-order valence-corrected chi connectivity index (χ2v) is 6.82. The van der Waals surface area contributed by atoms with Crippen LogP contribution in [0.5, 0.6) is 0 Å². The van der Waals surface area contributed by atoms with E-state index in [2.05, 4.69) is 10.3 Å². The number of piperidine rings is 1. The van der Waals surface area contributed by atoms with E-state index < -0.39 is 17.4 Å². The molecule has 5 nitrogen and oxygen atoms in total. The first kappa shape index (κ1) is 18.9. The molecular formula is C17H21F4N3O2. The lowest BCUT2D eigenvalue weighted by Gasteiger charge is -2.37. The molecule has 0 aliphatic carbocycles. The van der Waals surface area contributed by atoms with Crippen molar-refractivity contribution in [2.24, 2.45) is 5.92 Å². The molecule has 1 atom stereocenters. The van der Waals surface area contributed by atoms with Crippen LogP contribution < -0.4 is 10.2 Å². The van der Waals surface area contributed by atoms with Crippen LogP contribution >= 0.6 is 0 Å². The van der Waals surface area contributed by atoms with Gasteiger partial charge in [0.15, 0.2) is 0 Å². The number of carbonyl (C=O) groups excluding carboxylic acids is 1. The molecule has 26 heavy (non-hydrogen) atoms. The van der Waals surface area contributed by atoms with E-state index in [1.54, 1.807) is 4.90 Å². The predicted molar refractivity (Wildman–Crippen MR) is 86.5 cm³/mol. The number of anilines is 1. The molecule has 0 spiro atoms. The van der Waals surface area contributed by atoms with E-state index in [-0.39, 0.29) is 31.2 Å². The Labute approximate surface area is 148 Å². The van der Waals surface area contributed by atoms with Gasteiger partial charge in [0.2, 0.25) is 5.91 Å². The molecule has 1 aromatic rings. The SMILES string of the molecule is O=C(NCC1(F)CCN(c2ccc(C(F)(F)F)cn2)CC1)C1CCOC1. The first-order valence-electron chi connectivity index (χ1n) is 8.59. The van der Waals surface area contributed by atoms with Crippen molar-refractivity contribution in [3.05, 3.63) is 23.9 Å². The fraction of sp³-hybridized carbons (Fsp3) is 0.647. The minimum Gasteiger partial charge on any atom is -0.381 e. The zero-order valence-corrected chi connectivity index (χ0v) is 14.2. The van der Waals surface area contributed by atoms with E-state index in [4.69, 9.17) is 4.74 Å². The van der Waals surface area contributed by atoms with Crippen LogP contribution in [0, 0.1) is 5.92 Å². The molecule has 0 radical (unpaired) electrons. The second-order valence-electron chi connectivity index (χ2n) is 6.82. The Kier molecular flexibility index (Phi) is 5.36. The molecule has 1 aromatic heterocycles. The number of pyridine rings is 1. The van der Waals surface area contributed by atoms with E-state index in [0.717, 1.165) is 12.3 Å². The third-order valence-electron chi connectivity index (χ3n) is 4.94. The monoisotopic (exact) mass is 375 g/mol. The van der Waals surface area contributed by atoms with Gasteiger partial charge in [0, 0.05) is 38.7 Å². The third-order valence-corrected chi connectivity index (χ3v) is 4.94. The summed E-state index contributed by atoms with van der Waals surface area (Å²) in [5, 5.41) is 2.66. The molecule has 2 saturated heterocycles. The van der Waals surface area contributed by atoms with Crippen molar-refractivity contribution in [1.29, 1.82) is 0 Å². The number of hydrogen-bond donors (Lipinski definition) is 1. The molecule has 2 fully saturated rings. The number of amides is 1. The Bertz CT molecular complexity index is 622. The van der Waals surface area contributed by atoms with Gasteiger partial charge in [0.1, 0.15) is 11.5 Å². The van der Waals surface area contributed by atoms with Crippen LogP contribution in [-0.4, -0.2) is 49.4 Å². The topological polar surface area (TPSA) is 54.5 Å². The van der Waals surface area contributed by atoms with Crippen LogP contribution in [0.1, 0.15) is 24.8 Å². The van der Waals surface area contributed by atoms with Crippen molar-refractivity contribution in [1.82, 2.24) is 10.3 Å². The highest BCUT2D eigenvalue weighted by molar-refractivity contribution is 5.79. The fourth-order valence-electron chi connectivity index (χ4n) is 3.19. The van der Waals surface area contributed by atoms with Crippen molar-refractivity contribution in [2.75, 3.05) is 37.7 Å². The summed E-state index contributed by atoms with van der Waals surface area (Å²) in [7, 11) is 0. The molecular weight excluding hydrogens is 354 g/mol. The normalized spacial score (nSPS) is 23.1. The molecule has 144 valence electrons. The maximum absolute atomic E-state index is 14.9. The molecule has 1 N–H and O–H groups in total. The van der Waals surface area contributed by atoms with Gasteiger partial charge in [-0.15, -0.1) is 0 Å². The number of rotatable bonds is 4. The van der Waals surface area contributed by atoms with Gasteiger partial charge in [-0.2, -0.15) is 13.2 Å². The quantitative estimate of drug-likeness (QED) is 0.822. The van der Waals surface area contributed by atoms with Gasteiger partial charge in [-0.3, -0.25) is 4.79 Å². The first-order chi connectivity index (χ1) is 12.3. The maximum Gasteiger partial charge on any atom is 0.417 e. The van der Waals surface area contributed by atoms with Gasteiger partial charge in [0.05, 0.1) is 24.6 Å². The van der Waals surface area contributed by atoms with Crippen molar-refractivity contribution in [2.45, 2.75) is 31.1 Å². The van der Waals surface area contributed by atoms with E-state index in [1.807, 2.05) is 0 Å². The van der Waals surface area contributed by atoms with E-state index in [1.165, 1.54) is 6.07 Å². The Morgan fingerprint density at radius 2 is 2.08 bits per heavy atom. The first-order valence-corrected chi connectivity index (χ1v) is 8.59. The number of nitrogens with one attached hydrogen (secondary N) is 1. The van der Waals surface area contributed by atoms with E-state index in [0.29, 0.717) is 38.5 Å². The second kappa shape index (κ2) is 7.38. The van der Waals surface area contributed by atoms with Gasteiger partial charge >= 0.3 is 6.18 Å². The molecule has 0 aromatic carbocycles. The minimum atomic E-state index is -4.43. The molecule has 0 saturated carbocycles. The predicted octanol–water partition coefficient (Wildman–Crippen LogP) is 2.56. The number of nitrogens with zero attached hydrogens (tertiary/aromatic N) is 2. The fourth-order valence-corrected chi connectivity index (χ4v) is 3.19. The summed E-state index contributed by atoms with van der Waals surface area (Å²) in [6.45, 7) is 1.53. The van der Waals surface area contributed by atoms with Gasteiger partial charge in [-0.1, -0.05) is 0 Å². The number of ether oxygens (including phenoxy) is 1. The van der Waals surface area contributed by atoms with Gasteiger partial charge in [-0.25, -0.2) is 9.37 Å². The summed E-state index contributed by atoms with van der Waals surface area (Å²) >= 11 is 0. The summed E-state index contributed by atoms with van der Waals surface area (Å²) in [5.41, 5.74) is -2.32. The molecule has 1 unspecified atom stereocenters. The van der Waals surface area contributed by atoms with Crippen molar-refractivity contribution in [3.63, 3.8) is 0 Å². The van der Waals surface area contributed by atoms with Crippen LogP contribution in [0.15, 0.2) is 18.3 Å². The lowest BCUT2D eigenvalue weighted by Crippen LogP contribution is -2.49. The summed E-state index contributed by atoms with van der Waals surface area (Å²) in [4.78, 5) is 17.6. The zero-order valence-electron chi connectivity index (χ0n) is 14.2. The largest absolute Gasteiger partial charge is 0.417 e. The van der Waals surface area contributed by atoms with Crippen molar-refractivity contribution >= 4 is 11.7 Å². The summed E-state index contributed by atoms with van der Waals surface area (Å²) < 4.78 is 57.8. The number of carbonyl (C=O) groups is 1. The Morgan fingerprint density at radius 1 is 1.35 bits per heavy atom. The van der Waals surface area contributed by atoms with Crippen LogP contribution in [-0.2, 0) is 15.7 Å². The molecule has 3 heterocycles. The van der Waals surface area contributed by atoms with Gasteiger partial charge in [-0.05, 0) is 18.6 Å². The number of alkyl halides is 4. The standard InChI is InChI=1S/C17H21F4N3O2/c18-16(11-23-15(25)12-3-8-26-10-12)4-6-24(7-5-16)14-2-1-13(9-22-14)17(19,20)21/h1-2,9,12H,3-8,10-11H2,(H,23,25). The number of halogens is 4. The molecule has 1 amide bonds. The lowest BCUT2D eigenvalue weighted by molar-refractivity contribution is -0.137. The van der Waals surface area contributed by atoms with E-state index >= 15 is 0 Å². The highest BCUT2D eigenvalue weighted by Crippen LogP contribution is 2.31. The Hall–Kier alpha value is -1.90. The Balaban J connectivity index is 1.50. The van der Waals surface area contributed by atoms with Gasteiger partial charge < -0.3 is 15.0 Å². The zero-order chi connectivity index (χ0) is 18.8. The average Bonchev–Trinajstić information content (AvgIpc) is 3.15. The van der Waals surface area contributed by atoms with Crippen LogP contribution in [0.4, 0.5) is 23.4 Å².